The van der Waals surface area contributed by atoms with Crippen molar-refractivity contribution in [2.75, 3.05) is 25.1 Å². The number of aryl methyl sites for hydroxylation is 2. The molecule has 0 radical (unpaired) electrons. The second kappa shape index (κ2) is 5.89. The first-order chi connectivity index (χ1) is 8.18. The molecule has 2 N–H and O–H groups in total. The lowest BCUT2D eigenvalue weighted by Crippen LogP contribution is -2.50. The summed E-state index contributed by atoms with van der Waals surface area (Å²) in [5, 5.41) is 0. The molecule has 0 saturated carbocycles. The molecule has 1 aliphatic heterocycles. The molecule has 0 bridgehead atoms. The number of nitrogens with two attached hydrogens (primary N) is 1. The Kier molecular flexibility index (Phi) is 4.48. The van der Waals surface area contributed by atoms with Crippen molar-refractivity contribution in [2.45, 2.75) is 24.9 Å². The van der Waals surface area contributed by atoms with Gasteiger partial charge in [0.25, 0.3) is 0 Å². The average molecular weight is 254 g/mol. The van der Waals surface area contributed by atoms with Crippen LogP contribution in [0.3, 0.4) is 0 Å². The van der Waals surface area contributed by atoms with Crippen LogP contribution in [0.4, 0.5) is 0 Å². The number of hydrogen-bond donors (Lipinski definition) is 1. The Morgan fingerprint density at radius 2 is 2.41 bits per heavy atom. The normalized spacial score (nSPS) is 23.8. The third-order valence-electron chi connectivity index (χ3n) is 3.56. The van der Waals surface area contributed by atoms with Crippen LogP contribution < -0.4 is 5.73 Å². The average Bonchev–Trinajstić information content (AvgIpc) is 2.72. The van der Waals surface area contributed by atoms with Gasteiger partial charge in [0.15, 0.2) is 0 Å². The van der Waals surface area contributed by atoms with Gasteiger partial charge in [0.05, 0.1) is 0 Å². The lowest BCUT2D eigenvalue weighted by Gasteiger charge is -2.36. The van der Waals surface area contributed by atoms with Gasteiger partial charge in [0, 0.05) is 56.0 Å². The number of nitrogens with zero attached hydrogens (tertiary/aromatic N) is 3. The smallest absolute Gasteiger partial charge is 0.108 e. The molecule has 96 valence electrons. The van der Waals surface area contributed by atoms with Crippen LogP contribution in [-0.4, -0.2) is 51.6 Å². The number of imidazole rings is 1. The molecule has 2 unspecified atom stereocenters. The summed E-state index contributed by atoms with van der Waals surface area (Å²) in [4.78, 5) is 6.74. The van der Waals surface area contributed by atoms with Crippen LogP contribution in [0.15, 0.2) is 12.4 Å². The predicted molar refractivity (Wildman–Crippen MR) is 73.2 cm³/mol. The minimum Gasteiger partial charge on any atom is -0.338 e. The Morgan fingerprint density at radius 3 is 3.06 bits per heavy atom. The fourth-order valence-corrected chi connectivity index (χ4v) is 3.61. The van der Waals surface area contributed by atoms with E-state index in [2.05, 4.69) is 21.5 Å². The zero-order valence-corrected chi connectivity index (χ0v) is 11.5. The highest BCUT2D eigenvalue weighted by Gasteiger charge is 2.25. The molecule has 1 aliphatic rings. The highest BCUT2D eigenvalue weighted by atomic mass is 32.2. The van der Waals surface area contributed by atoms with E-state index in [1.807, 2.05) is 31.2 Å². The molecule has 0 aliphatic carbocycles. The number of hydrogen-bond acceptors (Lipinski definition) is 4. The molecule has 2 rings (SSSR count). The fourth-order valence-electron chi connectivity index (χ4n) is 2.28. The molecule has 1 fully saturated rings. The van der Waals surface area contributed by atoms with Crippen molar-refractivity contribution < 1.29 is 0 Å². The summed E-state index contributed by atoms with van der Waals surface area (Å²) in [6.07, 6.45) is 5.83. The molecule has 0 aromatic carbocycles. The zero-order valence-electron chi connectivity index (χ0n) is 10.7. The van der Waals surface area contributed by atoms with E-state index in [-0.39, 0.29) is 6.04 Å². The van der Waals surface area contributed by atoms with Gasteiger partial charge in [-0.15, -0.1) is 0 Å². The Hall–Kier alpha value is -0.520. The second-order valence-electron chi connectivity index (χ2n) is 4.78. The minimum absolute atomic E-state index is 0.254. The van der Waals surface area contributed by atoms with Gasteiger partial charge in [-0.1, -0.05) is 0 Å². The van der Waals surface area contributed by atoms with E-state index >= 15 is 0 Å². The molecule has 2 atom stereocenters. The summed E-state index contributed by atoms with van der Waals surface area (Å²) in [5.74, 6) is 3.53. The van der Waals surface area contributed by atoms with Crippen molar-refractivity contribution in [3.05, 3.63) is 18.2 Å². The molecule has 1 saturated heterocycles. The second-order valence-corrected chi connectivity index (χ2v) is 5.93. The number of thioether (sulfide) groups is 1. The molecule has 2 heterocycles. The van der Waals surface area contributed by atoms with Crippen molar-refractivity contribution in [3.63, 3.8) is 0 Å². The van der Waals surface area contributed by atoms with Crippen molar-refractivity contribution in [3.8, 4) is 0 Å². The first-order valence-electron chi connectivity index (χ1n) is 6.18. The maximum Gasteiger partial charge on any atom is 0.108 e. The molecule has 5 heteroatoms. The van der Waals surface area contributed by atoms with Gasteiger partial charge in [-0.2, -0.15) is 11.8 Å². The van der Waals surface area contributed by atoms with Crippen LogP contribution in [0.2, 0.25) is 0 Å². The topological polar surface area (TPSA) is 47.1 Å². The summed E-state index contributed by atoms with van der Waals surface area (Å²) in [7, 11) is 4.22. The van der Waals surface area contributed by atoms with Crippen molar-refractivity contribution >= 4 is 11.8 Å². The third-order valence-corrected chi connectivity index (χ3v) is 4.61. The van der Waals surface area contributed by atoms with Crippen LogP contribution >= 0.6 is 11.8 Å². The number of aromatic nitrogens is 2. The van der Waals surface area contributed by atoms with Crippen molar-refractivity contribution in [2.24, 2.45) is 12.8 Å². The number of rotatable bonds is 4. The first-order valence-corrected chi connectivity index (χ1v) is 7.33. The van der Waals surface area contributed by atoms with Gasteiger partial charge in [0.1, 0.15) is 5.82 Å². The highest BCUT2D eigenvalue weighted by Crippen LogP contribution is 2.18. The van der Waals surface area contributed by atoms with Crippen molar-refractivity contribution in [1.29, 1.82) is 0 Å². The summed E-state index contributed by atoms with van der Waals surface area (Å²) < 4.78 is 2.08. The molecule has 1 aromatic heterocycles. The Bertz CT molecular complexity index is 352. The van der Waals surface area contributed by atoms with E-state index in [9.17, 15) is 0 Å². The van der Waals surface area contributed by atoms with Gasteiger partial charge >= 0.3 is 0 Å². The lowest BCUT2D eigenvalue weighted by molar-refractivity contribution is 0.230. The van der Waals surface area contributed by atoms with Gasteiger partial charge < -0.3 is 15.2 Å². The van der Waals surface area contributed by atoms with E-state index in [0.717, 1.165) is 31.0 Å². The monoisotopic (exact) mass is 254 g/mol. The Morgan fingerprint density at radius 1 is 1.59 bits per heavy atom. The maximum atomic E-state index is 6.31. The standard InChI is InChI=1S/C12H22N4S/c1-15-7-8-17-9-11(15)10(13)3-4-12-14-5-6-16(12)2/h5-6,10-11H,3-4,7-9,13H2,1-2H3. The highest BCUT2D eigenvalue weighted by molar-refractivity contribution is 7.99. The fraction of sp³-hybridized carbons (Fsp3) is 0.750. The van der Waals surface area contributed by atoms with E-state index in [0.29, 0.717) is 6.04 Å². The Labute approximate surface area is 108 Å². The van der Waals surface area contributed by atoms with Crippen LogP contribution in [0.5, 0.6) is 0 Å². The van der Waals surface area contributed by atoms with E-state index in [1.54, 1.807) is 0 Å². The molecule has 0 spiro atoms. The van der Waals surface area contributed by atoms with Crippen LogP contribution in [0.25, 0.3) is 0 Å². The molecular formula is C12H22N4S. The first kappa shape index (κ1) is 12.9. The van der Waals surface area contributed by atoms with Gasteiger partial charge in [-0.25, -0.2) is 4.98 Å². The third kappa shape index (κ3) is 3.24. The number of likely N-dealkylation sites (N-methyl/N-ethyl adjacent to an activating group) is 1. The zero-order chi connectivity index (χ0) is 12.3. The molecular weight excluding hydrogens is 232 g/mol. The lowest BCUT2D eigenvalue weighted by atomic mass is 10.0. The molecule has 4 nitrogen and oxygen atoms in total. The summed E-state index contributed by atoms with van der Waals surface area (Å²) in [6.45, 7) is 1.16. The molecule has 17 heavy (non-hydrogen) atoms. The van der Waals surface area contributed by atoms with Crippen LogP contribution in [0.1, 0.15) is 12.2 Å². The minimum atomic E-state index is 0.254. The molecule has 1 aromatic rings. The van der Waals surface area contributed by atoms with Crippen LogP contribution in [-0.2, 0) is 13.5 Å². The largest absolute Gasteiger partial charge is 0.338 e. The van der Waals surface area contributed by atoms with E-state index < -0.39 is 0 Å². The summed E-state index contributed by atoms with van der Waals surface area (Å²) >= 11 is 2.02. The summed E-state index contributed by atoms with van der Waals surface area (Å²) in [5.41, 5.74) is 6.31. The van der Waals surface area contributed by atoms with E-state index in [1.165, 1.54) is 5.75 Å². The van der Waals surface area contributed by atoms with E-state index in [4.69, 9.17) is 5.73 Å². The predicted octanol–water partition coefficient (Wildman–Crippen LogP) is 0.727. The quantitative estimate of drug-likeness (QED) is 0.860. The van der Waals surface area contributed by atoms with Gasteiger partial charge in [0.2, 0.25) is 0 Å². The van der Waals surface area contributed by atoms with Crippen LogP contribution in [0, 0.1) is 0 Å². The molecule has 0 amide bonds. The van der Waals surface area contributed by atoms with Gasteiger partial charge in [-0.3, -0.25) is 0 Å². The van der Waals surface area contributed by atoms with Gasteiger partial charge in [-0.05, 0) is 13.5 Å². The maximum absolute atomic E-state index is 6.31. The Balaban J connectivity index is 1.84. The summed E-state index contributed by atoms with van der Waals surface area (Å²) in [6, 6.07) is 0.776. The van der Waals surface area contributed by atoms with Crippen molar-refractivity contribution in [1.82, 2.24) is 14.5 Å². The SMILES string of the molecule is CN1CCSCC1C(N)CCc1nccn1C.